The first-order chi connectivity index (χ1) is 7.19. The van der Waals surface area contributed by atoms with E-state index in [1.54, 1.807) is 0 Å². The van der Waals surface area contributed by atoms with Crippen molar-refractivity contribution in [3.63, 3.8) is 0 Å². The van der Waals surface area contributed by atoms with Crippen molar-refractivity contribution >= 4 is 5.91 Å². The number of hydrogen-bond acceptors (Lipinski definition) is 3. The number of hydrogen-bond donors (Lipinski definition) is 2. The quantitative estimate of drug-likeness (QED) is 0.709. The molecular weight excluding hydrogens is 202 g/mol. The largest absolute Gasteiger partial charge is 0.353 e. The van der Waals surface area contributed by atoms with E-state index < -0.39 is 0 Å². The fourth-order valence-corrected chi connectivity index (χ4v) is 1.48. The van der Waals surface area contributed by atoms with Crippen LogP contribution >= 0.6 is 0 Å². The number of nitrogens with one attached hydrogen (secondary N) is 1. The highest BCUT2D eigenvalue weighted by atomic mass is 16.2. The average molecular weight is 229 g/mol. The van der Waals surface area contributed by atoms with E-state index in [0.29, 0.717) is 6.54 Å². The maximum absolute atomic E-state index is 11.8. The van der Waals surface area contributed by atoms with Crippen LogP contribution in [0, 0.1) is 5.41 Å². The molecule has 0 aromatic rings. The third-order valence-corrected chi connectivity index (χ3v) is 2.70. The number of nitrogens with two attached hydrogens (primary N) is 1. The van der Waals surface area contributed by atoms with Crippen molar-refractivity contribution < 1.29 is 4.79 Å². The molecule has 1 atom stereocenters. The van der Waals surface area contributed by atoms with E-state index in [9.17, 15) is 4.79 Å². The second-order valence-electron chi connectivity index (χ2n) is 5.62. The standard InChI is InChI=1S/C12H27N3O/c1-9(2)14-11(16)10(3)15(6)8-12(4,5)7-13/h9-10H,7-8,13H2,1-6H3,(H,14,16). The van der Waals surface area contributed by atoms with Crippen molar-refractivity contribution in [2.45, 2.75) is 46.7 Å². The lowest BCUT2D eigenvalue weighted by Crippen LogP contribution is -2.49. The molecule has 0 radical (unpaired) electrons. The smallest absolute Gasteiger partial charge is 0.237 e. The lowest BCUT2D eigenvalue weighted by Gasteiger charge is -2.32. The van der Waals surface area contributed by atoms with Crippen molar-refractivity contribution in [3.05, 3.63) is 0 Å². The second kappa shape index (κ2) is 6.21. The molecule has 0 aliphatic heterocycles. The van der Waals surface area contributed by atoms with Crippen LogP contribution in [0.25, 0.3) is 0 Å². The summed E-state index contributed by atoms with van der Waals surface area (Å²) in [5, 5.41) is 2.92. The third-order valence-electron chi connectivity index (χ3n) is 2.70. The SMILES string of the molecule is CC(C)NC(=O)C(C)N(C)CC(C)(C)CN. The van der Waals surface area contributed by atoms with Crippen molar-refractivity contribution in [2.24, 2.45) is 11.1 Å². The molecule has 0 heterocycles. The van der Waals surface area contributed by atoms with E-state index in [1.807, 2.05) is 32.7 Å². The van der Waals surface area contributed by atoms with Crippen LogP contribution in [0.3, 0.4) is 0 Å². The van der Waals surface area contributed by atoms with Crippen LogP contribution in [0.1, 0.15) is 34.6 Å². The fraction of sp³-hybridized carbons (Fsp3) is 0.917. The Morgan fingerprint density at radius 2 is 1.88 bits per heavy atom. The highest BCUT2D eigenvalue weighted by Crippen LogP contribution is 2.15. The lowest BCUT2D eigenvalue weighted by molar-refractivity contribution is -0.126. The monoisotopic (exact) mass is 229 g/mol. The molecule has 0 fully saturated rings. The van der Waals surface area contributed by atoms with Gasteiger partial charge in [-0.15, -0.1) is 0 Å². The van der Waals surface area contributed by atoms with Crippen LogP contribution in [0.5, 0.6) is 0 Å². The summed E-state index contributed by atoms with van der Waals surface area (Å²) < 4.78 is 0. The van der Waals surface area contributed by atoms with Gasteiger partial charge in [0.15, 0.2) is 0 Å². The van der Waals surface area contributed by atoms with Crippen LogP contribution in [0.2, 0.25) is 0 Å². The topological polar surface area (TPSA) is 58.4 Å². The van der Waals surface area contributed by atoms with E-state index in [4.69, 9.17) is 5.73 Å². The van der Waals surface area contributed by atoms with Crippen LogP contribution in [0.15, 0.2) is 0 Å². The van der Waals surface area contributed by atoms with Gasteiger partial charge in [0.2, 0.25) is 5.91 Å². The molecule has 4 heteroatoms. The lowest BCUT2D eigenvalue weighted by atomic mass is 9.93. The predicted octanol–water partition coefficient (Wildman–Crippen LogP) is 0.816. The fourth-order valence-electron chi connectivity index (χ4n) is 1.48. The van der Waals surface area contributed by atoms with Crippen LogP contribution < -0.4 is 11.1 Å². The number of amides is 1. The average Bonchev–Trinajstić information content (AvgIpc) is 2.14. The summed E-state index contributed by atoms with van der Waals surface area (Å²) in [5.74, 6) is 0.0744. The molecule has 0 aromatic heterocycles. The van der Waals surface area contributed by atoms with E-state index >= 15 is 0 Å². The van der Waals surface area contributed by atoms with Gasteiger partial charge in [-0.25, -0.2) is 0 Å². The molecule has 0 rings (SSSR count). The summed E-state index contributed by atoms with van der Waals surface area (Å²) in [6.07, 6.45) is 0. The van der Waals surface area contributed by atoms with Crippen molar-refractivity contribution in [3.8, 4) is 0 Å². The Hall–Kier alpha value is -0.610. The molecule has 16 heavy (non-hydrogen) atoms. The maximum atomic E-state index is 11.8. The van der Waals surface area contributed by atoms with Gasteiger partial charge in [0.25, 0.3) is 0 Å². The molecule has 0 spiro atoms. The van der Waals surface area contributed by atoms with Crippen molar-refractivity contribution in [1.82, 2.24) is 10.2 Å². The zero-order valence-corrected chi connectivity index (χ0v) is 11.5. The highest BCUT2D eigenvalue weighted by Gasteiger charge is 2.24. The number of nitrogens with zero attached hydrogens (tertiary/aromatic N) is 1. The molecule has 0 aliphatic rings. The van der Waals surface area contributed by atoms with Gasteiger partial charge < -0.3 is 11.1 Å². The molecule has 3 N–H and O–H groups in total. The number of likely N-dealkylation sites (N-methyl/N-ethyl adjacent to an activating group) is 1. The summed E-state index contributed by atoms with van der Waals surface area (Å²) in [6, 6.07) is 0.0686. The number of rotatable bonds is 6. The molecule has 4 nitrogen and oxygen atoms in total. The van der Waals surface area contributed by atoms with Crippen molar-refractivity contribution in [2.75, 3.05) is 20.1 Å². The van der Waals surface area contributed by atoms with Gasteiger partial charge >= 0.3 is 0 Å². The predicted molar refractivity (Wildman–Crippen MR) is 68.2 cm³/mol. The van der Waals surface area contributed by atoms with Gasteiger partial charge in [0.05, 0.1) is 6.04 Å². The Morgan fingerprint density at radius 1 is 1.38 bits per heavy atom. The van der Waals surface area contributed by atoms with E-state index in [0.717, 1.165) is 6.54 Å². The molecule has 0 aliphatic carbocycles. The molecule has 0 aromatic carbocycles. The summed E-state index contributed by atoms with van der Waals surface area (Å²) in [4.78, 5) is 13.8. The Kier molecular flexibility index (Phi) is 5.97. The van der Waals surface area contributed by atoms with E-state index in [1.165, 1.54) is 0 Å². The molecule has 1 unspecified atom stereocenters. The highest BCUT2D eigenvalue weighted by molar-refractivity contribution is 5.81. The Labute approximate surface area is 99.6 Å². The molecular formula is C12H27N3O. The van der Waals surface area contributed by atoms with Gasteiger partial charge in [-0.3, -0.25) is 9.69 Å². The minimum Gasteiger partial charge on any atom is -0.353 e. The van der Waals surface area contributed by atoms with Gasteiger partial charge in [-0.1, -0.05) is 13.8 Å². The number of carbonyl (C=O) groups excluding carboxylic acids is 1. The van der Waals surface area contributed by atoms with Gasteiger partial charge in [-0.05, 0) is 39.8 Å². The molecule has 0 saturated carbocycles. The molecule has 1 amide bonds. The van der Waals surface area contributed by atoms with Crippen LogP contribution in [-0.4, -0.2) is 43.0 Å². The van der Waals surface area contributed by atoms with E-state index in [2.05, 4.69) is 19.2 Å². The minimum atomic E-state index is -0.117. The first kappa shape index (κ1) is 15.4. The van der Waals surface area contributed by atoms with Crippen LogP contribution in [-0.2, 0) is 4.79 Å². The minimum absolute atomic E-state index is 0.0428. The first-order valence-corrected chi connectivity index (χ1v) is 5.90. The van der Waals surface area contributed by atoms with Crippen LogP contribution in [0.4, 0.5) is 0 Å². The molecule has 0 saturated heterocycles. The van der Waals surface area contributed by atoms with Crippen molar-refractivity contribution in [1.29, 1.82) is 0 Å². The third kappa shape index (κ3) is 5.47. The summed E-state index contributed by atoms with van der Waals surface area (Å²) in [5.41, 5.74) is 5.73. The van der Waals surface area contributed by atoms with Gasteiger partial charge in [0, 0.05) is 12.6 Å². The summed E-state index contributed by atoms with van der Waals surface area (Å²) in [6.45, 7) is 11.5. The first-order valence-electron chi connectivity index (χ1n) is 5.90. The maximum Gasteiger partial charge on any atom is 0.237 e. The summed E-state index contributed by atoms with van der Waals surface area (Å²) >= 11 is 0. The zero-order valence-electron chi connectivity index (χ0n) is 11.5. The Bertz CT molecular complexity index is 226. The summed E-state index contributed by atoms with van der Waals surface area (Å²) in [7, 11) is 1.96. The Balaban J connectivity index is 4.28. The second-order valence-corrected chi connectivity index (χ2v) is 5.62. The van der Waals surface area contributed by atoms with E-state index in [-0.39, 0.29) is 23.4 Å². The van der Waals surface area contributed by atoms with Gasteiger partial charge in [0.1, 0.15) is 0 Å². The normalized spacial score (nSPS) is 14.3. The number of carbonyl (C=O) groups is 1. The van der Waals surface area contributed by atoms with Gasteiger partial charge in [-0.2, -0.15) is 0 Å². The molecule has 96 valence electrons. The molecule has 0 bridgehead atoms. The Morgan fingerprint density at radius 3 is 2.25 bits per heavy atom. The zero-order chi connectivity index (χ0) is 12.9.